The topological polar surface area (TPSA) is 88.7 Å². The van der Waals surface area contributed by atoms with E-state index in [0.717, 1.165) is 29.0 Å². The molecule has 1 heterocycles. The molecule has 6 nitrogen and oxygen atoms in total. The molecule has 138 valence electrons. The number of ether oxygens (including phenoxy) is 1. The van der Waals surface area contributed by atoms with Crippen LogP contribution in [0.1, 0.15) is 23.6 Å². The van der Waals surface area contributed by atoms with Crippen LogP contribution >= 0.6 is 24.0 Å². The van der Waals surface area contributed by atoms with E-state index in [0.29, 0.717) is 6.61 Å². The van der Waals surface area contributed by atoms with Crippen LogP contribution in [0.5, 0.6) is 5.75 Å². The Kier molecular flexibility index (Phi) is 7.26. The molecule has 0 aliphatic carbocycles. The van der Waals surface area contributed by atoms with Gasteiger partial charge < -0.3 is 21.1 Å². The lowest BCUT2D eigenvalue weighted by Crippen LogP contribution is -2.34. The zero-order valence-corrected chi connectivity index (χ0v) is 16.9. The molecule has 1 amide bonds. The van der Waals surface area contributed by atoms with E-state index >= 15 is 0 Å². The average Bonchev–Trinajstić information content (AvgIpc) is 2.60. The highest BCUT2D eigenvalue weighted by Gasteiger charge is 2.22. The number of rotatable bonds is 4. The Morgan fingerprint density at radius 3 is 2.88 bits per heavy atom. The van der Waals surface area contributed by atoms with Gasteiger partial charge in [-0.05, 0) is 30.7 Å². The molecule has 1 atom stereocenters. The molecule has 0 radical (unpaired) electrons. The first-order chi connectivity index (χ1) is 12.1. The van der Waals surface area contributed by atoms with E-state index in [1.165, 1.54) is 0 Å². The number of nitrogens with zero attached hydrogens (tertiary/aromatic N) is 1. The molecule has 1 aliphatic rings. The van der Waals surface area contributed by atoms with Gasteiger partial charge in [-0.25, -0.2) is 4.99 Å². The number of para-hydroxylation sites is 1. The molecule has 0 saturated carbocycles. The summed E-state index contributed by atoms with van der Waals surface area (Å²) in [6.07, 6.45) is 0.740. The molecule has 2 aromatic rings. The number of aryl methyl sites for hydroxylation is 1. The molecule has 0 saturated heterocycles. The SMILES string of the molecule is Cc1cccc(NC(N)=NCC(=O)NC2CCOc3ccccc32)c1.I. The van der Waals surface area contributed by atoms with Crippen LogP contribution in [0.2, 0.25) is 0 Å². The van der Waals surface area contributed by atoms with Gasteiger partial charge in [0.05, 0.1) is 12.6 Å². The Morgan fingerprint density at radius 1 is 1.27 bits per heavy atom. The molecule has 2 aromatic carbocycles. The summed E-state index contributed by atoms with van der Waals surface area (Å²) in [6, 6.07) is 15.5. The predicted molar refractivity (Wildman–Crippen MR) is 114 cm³/mol. The Balaban J connectivity index is 0.00000243. The van der Waals surface area contributed by atoms with Gasteiger partial charge in [0.1, 0.15) is 12.3 Å². The quantitative estimate of drug-likeness (QED) is 0.367. The van der Waals surface area contributed by atoms with E-state index in [9.17, 15) is 4.79 Å². The van der Waals surface area contributed by atoms with E-state index < -0.39 is 0 Å². The van der Waals surface area contributed by atoms with Crippen LogP contribution in [-0.4, -0.2) is 25.0 Å². The molecule has 26 heavy (non-hydrogen) atoms. The molecule has 0 fully saturated rings. The Bertz CT molecular complexity index is 795. The lowest BCUT2D eigenvalue weighted by Gasteiger charge is -2.26. The fourth-order valence-electron chi connectivity index (χ4n) is 2.80. The molecule has 1 aliphatic heterocycles. The number of benzene rings is 2. The van der Waals surface area contributed by atoms with Crippen molar-refractivity contribution in [1.82, 2.24) is 5.32 Å². The van der Waals surface area contributed by atoms with Crippen LogP contribution in [-0.2, 0) is 4.79 Å². The first-order valence-corrected chi connectivity index (χ1v) is 8.26. The number of carbonyl (C=O) groups excluding carboxylic acids is 1. The number of anilines is 1. The van der Waals surface area contributed by atoms with Crippen molar-refractivity contribution < 1.29 is 9.53 Å². The van der Waals surface area contributed by atoms with Gasteiger partial charge >= 0.3 is 0 Å². The zero-order chi connectivity index (χ0) is 17.6. The number of fused-ring (bicyclic) bond motifs is 1. The van der Waals surface area contributed by atoms with E-state index in [1.54, 1.807) is 0 Å². The molecule has 1 unspecified atom stereocenters. The van der Waals surface area contributed by atoms with Crippen molar-refractivity contribution in [3.63, 3.8) is 0 Å². The highest BCUT2D eigenvalue weighted by Crippen LogP contribution is 2.31. The summed E-state index contributed by atoms with van der Waals surface area (Å²) in [4.78, 5) is 16.3. The van der Waals surface area contributed by atoms with Crippen molar-refractivity contribution in [2.75, 3.05) is 18.5 Å². The zero-order valence-electron chi connectivity index (χ0n) is 14.6. The normalized spacial score (nSPS) is 15.9. The lowest BCUT2D eigenvalue weighted by molar-refractivity contribution is -0.120. The number of guanidine groups is 1. The first kappa shape index (κ1) is 20.0. The van der Waals surface area contributed by atoms with Crippen molar-refractivity contribution in [2.24, 2.45) is 10.7 Å². The fourth-order valence-corrected chi connectivity index (χ4v) is 2.80. The number of carbonyl (C=O) groups is 1. The molecule has 4 N–H and O–H groups in total. The van der Waals surface area contributed by atoms with Crippen LogP contribution in [0, 0.1) is 6.92 Å². The summed E-state index contributed by atoms with van der Waals surface area (Å²) < 4.78 is 5.60. The third kappa shape index (κ3) is 5.35. The van der Waals surface area contributed by atoms with Crippen molar-refractivity contribution >= 4 is 41.5 Å². The minimum absolute atomic E-state index is 0. The summed E-state index contributed by atoms with van der Waals surface area (Å²) >= 11 is 0. The molecular formula is C19H23IN4O2. The van der Waals surface area contributed by atoms with Gasteiger partial charge in [0.15, 0.2) is 5.96 Å². The summed E-state index contributed by atoms with van der Waals surface area (Å²) in [6.45, 7) is 2.56. The summed E-state index contributed by atoms with van der Waals surface area (Å²) in [7, 11) is 0. The van der Waals surface area contributed by atoms with Crippen molar-refractivity contribution in [2.45, 2.75) is 19.4 Å². The fraction of sp³-hybridized carbons (Fsp3) is 0.263. The van der Waals surface area contributed by atoms with Gasteiger partial charge in [-0.1, -0.05) is 30.3 Å². The maximum Gasteiger partial charge on any atom is 0.242 e. The lowest BCUT2D eigenvalue weighted by atomic mass is 10.0. The van der Waals surface area contributed by atoms with Crippen molar-refractivity contribution in [3.8, 4) is 5.75 Å². The van der Waals surface area contributed by atoms with Crippen LogP contribution < -0.4 is 21.1 Å². The highest BCUT2D eigenvalue weighted by atomic mass is 127. The van der Waals surface area contributed by atoms with Gasteiger partial charge in [-0.15, -0.1) is 24.0 Å². The van der Waals surface area contributed by atoms with Gasteiger partial charge in [0.2, 0.25) is 5.91 Å². The van der Waals surface area contributed by atoms with Crippen molar-refractivity contribution in [1.29, 1.82) is 0 Å². The van der Waals surface area contributed by atoms with E-state index in [4.69, 9.17) is 10.5 Å². The minimum Gasteiger partial charge on any atom is -0.493 e. The minimum atomic E-state index is -0.171. The number of halogens is 1. The summed E-state index contributed by atoms with van der Waals surface area (Å²) in [5, 5.41) is 5.98. The monoisotopic (exact) mass is 466 g/mol. The second-order valence-corrected chi connectivity index (χ2v) is 5.99. The van der Waals surface area contributed by atoms with E-state index in [1.807, 2.05) is 55.5 Å². The maximum atomic E-state index is 12.2. The number of nitrogens with two attached hydrogens (primary N) is 1. The average molecular weight is 466 g/mol. The van der Waals surface area contributed by atoms with E-state index in [-0.39, 0.29) is 48.4 Å². The number of hydrogen-bond donors (Lipinski definition) is 3. The first-order valence-electron chi connectivity index (χ1n) is 8.26. The highest BCUT2D eigenvalue weighted by molar-refractivity contribution is 14.0. The van der Waals surface area contributed by atoms with Crippen LogP contribution in [0.25, 0.3) is 0 Å². The Morgan fingerprint density at radius 2 is 2.08 bits per heavy atom. The summed E-state index contributed by atoms with van der Waals surface area (Å²) in [5.41, 5.74) is 8.82. The molecule has 3 rings (SSSR count). The van der Waals surface area contributed by atoms with Crippen LogP contribution in [0.15, 0.2) is 53.5 Å². The molecular weight excluding hydrogens is 443 g/mol. The molecule has 0 spiro atoms. The molecule has 0 bridgehead atoms. The largest absolute Gasteiger partial charge is 0.493 e. The molecule has 7 heteroatoms. The maximum absolute atomic E-state index is 12.2. The molecule has 0 aromatic heterocycles. The smallest absolute Gasteiger partial charge is 0.242 e. The number of amides is 1. The standard InChI is InChI=1S/C19H22N4O2.HI/c1-13-5-4-6-14(11-13)22-19(20)21-12-18(24)23-16-9-10-25-17-8-3-2-7-15(16)17;/h2-8,11,16H,9-10,12H2,1H3,(H,23,24)(H3,20,21,22);1H. The summed E-state index contributed by atoms with van der Waals surface area (Å²) in [5.74, 6) is 0.868. The second kappa shape index (κ2) is 9.42. The second-order valence-electron chi connectivity index (χ2n) is 5.99. The van der Waals surface area contributed by atoms with E-state index in [2.05, 4.69) is 15.6 Å². The number of aliphatic imine (C=N–C) groups is 1. The predicted octanol–water partition coefficient (Wildman–Crippen LogP) is 2.98. The van der Waals surface area contributed by atoms with Gasteiger partial charge in [0, 0.05) is 17.7 Å². The van der Waals surface area contributed by atoms with Crippen molar-refractivity contribution in [3.05, 3.63) is 59.7 Å². The van der Waals surface area contributed by atoms with Crippen LogP contribution in [0.4, 0.5) is 5.69 Å². The Labute approximate surface area is 170 Å². The third-order valence-electron chi connectivity index (χ3n) is 3.98. The Hall–Kier alpha value is -2.29. The number of nitrogens with one attached hydrogen (secondary N) is 2. The van der Waals surface area contributed by atoms with Crippen LogP contribution in [0.3, 0.4) is 0 Å². The van der Waals surface area contributed by atoms with Gasteiger partial charge in [-0.3, -0.25) is 4.79 Å². The third-order valence-corrected chi connectivity index (χ3v) is 3.98. The van der Waals surface area contributed by atoms with Gasteiger partial charge in [-0.2, -0.15) is 0 Å². The number of hydrogen-bond acceptors (Lipinski definition) is 3. The van der Waals surface area contributed by atoms with Gasteiger partial charge in [0.25, 0.3) is 0 Å².